The molecule has 0 aliphatic carbocycles. The highest BCUT2D eigenvalue weighted by Gasteiger charge is 2.32. The van der Waals surface area contributed by atoms with Crippen molar-refractivity contribution in [2.45, 2.75) is 11.3 Å². The van der Waals surface area contributed by atoms with Crippen LogP contribution in [0, 0.1) is 0 Å². The lowest BCUT2D eigenvalue weighted by molar-refractivity contribution is -0.775. The number of nitrogens with zero attached hydrogens (tertiary/aromatic N) is 1. The van der Waals surface area contributed by atoms with Crippen molar-refractivity contribution in [3.8, 4) is 5.75 Å². The summed E-state index contributed by atoms with van der Waals surface area (Å²) in [6.07, 6.45) is 6.39. The van der Waals surface area contributed by atoms with E-state index in [4.69, 9.17) is 4.74 Å². The fourth-order valence-electron chi connectivity index (χ4n) is 2.70. The van der Waals surface area contributed by atoms with Gasteiger partial charge >= 0.3 is 6.23 Å². The van der Waals surface area contributed by atoms with Crippen molar-refractivity contribution in [3.63, 3.8) is 0 Å². The molecule has 2 nitrogen and oxygen atoms in total. The Balaban J connectivity index is 0.00000182. The Hall–Kier alpha value is -2.23. The number of pyridine rings is 1. The summed E-state index contributed by atoms with van der Waals surface area (Å²) in [6.45, 7) is 0. The van der Waals surface area contributed by atoms with Crippen LogP contribution in [0.15, 0.2) is 84.0 Å². The number of halogens is 1. The lowest BCUT2D eigenvalue weighted by atomic mass is 10.1. The van der Waals surface area contributed by atoms with E-state index in [1.54, 1.807) is 0 Å². The van der Waals surface area contributed by atoms with E-state index in [9.17, 15) is 0 Å². The predicted molar refractivity (Wildman–Crippen MR) is 98.8 cm³/mol. The lowest BCUT2D eigenvalue weighted by Gasteiger charge is -2.09. The van der Waals surface area contributed by atoms with Crippen LogP contribution < -0.4 is 21.7 Å². The quantitative estimate of drug-likeness (QED) is 0.515. The van der Waals surface area contributed by atoms with E-state index in [0.717, 1.165) is 11.5 Å². The molecule has 0 spiro atoms. The largest absolute Gasteiger partial charge is 1.00 e. The molecule has 126 valence electrons. The summed E-state index contributed by atoms with van der Waals surface area (Å²) in [5.41, 5.74) is 2.37. The van der Waals surface area contributed by atoms with Gasteiger partial charge in [-0.05, 0) is 41.1 Å². The Labute approximate surface area is 158 Å². The van der Waals surface area contributed by atoms with E-state index in [2.05, 4.69) is 59.3 Å². The lowest BCUT2D eigenvalue weighted by Crippen LogP contribution is -3.00. The van der Waals surface area contributed by atoms with Gasteiger partial charge in [0.05, 0.1) is 0 Å². The topological polar surface area (TPSA) is 13.1 Å². The van der Waals surface area contributed by atoms with Gasteiger partial charge in [-0.3, -0.25) is 0 Å². The summed E-state index contributed by atoms with van der Waals surface area (Å²) < 4.78 is 8.33. The maximum absolute atomic E-state index is 6.14. The number of ether oxygens (including phenoxy) is 1. The highest BCUT2D eigenvalue weighted by Crippen LogP contribution is 2.28. The van der Waals surface area contributed by atoms with Crippen LogP contribution in [0.1, 0.15) is 17.4 Å². The van der Waals surface area contributed by atoms with E-state index in [-0.39, 0.29) is 18.6 Å². The van der Waals surface area contributed by atoms with Crippen LogP contribution in [0.2, 0.25) is 0 Å². The molecule has 4 rings (SSSR count). The molecule has 2 aromatic carbocycles. The minimum Gasteiger partial charge on any atom is -1.00 e. The monoisotopic (exact) mass is 367 g/mol. The standard InChI is InChI=1S/C21H18NOS.ClH/c1-2-6-17(7-3-1)9-10-18-11-13-19(14-12-18)23-20-16-24-21-8-4-5-15-22(20)21;/h1-15,20H,16H2;1H/q+1;/p-1/b10-9+;. The average molecular weight is 368 g/mol. The first kappa shape index (κ1) is 17.6. The number of fused-ring (bicyclic) bond motifs is 1. The van der Waals surface area contributed by atoms with Crippen LogP contribution in [0.3, 0.4) is 0 Å². The minimum absolute atomic E-state index is 0. The maximum atomic E-state index is 6.14. The molecule has 2 heterocycles. The molecule has 0 fully saturated rings. The third-order valence-electron chi connectivity index (χ3n) is 3.96. The summed E-state index contributed by atoms with van der Waals surface area (Å²) in [5, 5.41) is 1.25. The van der Waals surface area contributed by atoms with Crippen molar-refractivity contribution in [2.24, 2.45) is 0 Å². The van der Waals surface area contributed by atoms with Crippen LogP contribution in [0.5, 0.6) is 5.75 Å². The van der Waals surface area contributed by atoms with Crippen LogP contribution >= 0.6 is 11.8 Å². The molecular weight excluding hydrogens is 350 g/mol. The van der Waals surface area contributed by atoms with Crippen molar-refractivity contribution in [1.82, 2.24) is 0 Å². The molecule has 0 radical (unpaired) electrons. The van der Waals surface area contributed by atoms with Crippen molar-refractivity contribution in [3.05, 3.63) is 90.1 Å². The number of benzene rings is 2. The molecule has 0 saturated heterocycles. The maximum Gasteiger partial charge on any atom is 0.312 e. The van der Waals surface area contributed by atoms with Crippen molar-refractivity contribution in [2.75, 3.05) is 5.75 Å². The molecule has 0 bridgehead atoms. The Morgan fingerprint density at radius 1 is 0.840 bits per heavy atom. The fraction of sp³-hybridized carbons (Fsp3) is 0.0952. The summed E-state index contributed by atoms with van der Waals surface area (Å²) in [4.78, 5) is 0. The number of hydrogen-bond acceptors (Lipinski definition) is 2. The molecule has 1 aliphatic heterocycles. The van der Waals surface area contributed by atoms with Gasteiger partial charge in [0.1, 0.15) is 11.5 Å². The zero-order valence-corrected chi connectivity index (χ0v) is 15.2. The summed E-state index contributed by atoms with van der Waals surface area (Å²) in [6, 6.07) is 24.8. The molecule has 1 unspecified atom stereocenters. The van der Waals surface area contributed by atoms with Gasteiger partial charge in [0, 0.05) is 12.1 Å². The van der Waals surface area contributed by atoms with Crippen LogP contribution in [-0.4, -0.2) is 5.75 Å². The van der Waals surface area contributed by atoms with Crippen molar-refractivity contribution in [1.29, 1.82) is 0 Å². The zero-order valence-electron chi connectivity index (χ0n) is 13.6. The zero-order chi connectivity index (χ0) is 16.2. The fourth-order valence-corrected chi connectivity index (χ4v) is 3.74. The van der Waals surface area contributed by atoms with Gasteiger partial charge in [0.25, 0.3) is 0 Å². The Morgan fingerprint density at radius 3 is 2.28 bits per heavy atom. The van der Waals surface area contributed by atoms with Crippen LogP contribution in [0.4, 0.5) is 0 Å². The number of rotatable bonds is 4. The summed E-state index contributed by atoms with van der Waals surface area (Å²) >= 11 is 1.83. The van der Waals surface area contributed by atoms with E-state index in [1.807, 2.05) is 48.2 Å². The van der Waals surface area contributed by atoms with Gasteiger partial charge in [-0.15, -0.1) is 0 Å². The molecule has 0 saturated carbocycles. The third-order valence-corrected chi connectivity index (χ3v) is 5.05. The molecule has 1 aliphatic rings. The van der Waals surface area contributed by atoms with Crippen LogP contribution in [0.25, 0.3) is 12.2 Å². The molecule has 0 amide bonds. The first-order valence-electron chi connectivity index (χ1n) is 8.01. The van der Waals surface area contributed by atoms with Gasteiger partial charge < -0.3 is 17.1 Å². The predicted octanol–water partition coefficient (Wildman–Crippen LogP) is 1.83. The Bertz CT molecular complexity index is 849. The van der Waals surface area contributed by atoms with Gasteiger partial charge in [-0.2, -0.15) is 4.57 Å². The van der Waals surface area contributed by atoms with Gasteiger partial charge in [-0.1, -0.05) is 54.6 Å². The average Bonchev–Trinajstić information content (AvgIpc) is 3.05. The van der Waals surface area contributed by atoms with E-state index in [0.29, 0.717) is 0 Å². The van der Waals surface area contributed by atoms with Crippen molar-refractivity contribution < 1.29 is 21.7 Å². The molecule has 1 atom stereocenters. The summed E-state index contributed by atoms with van der Waals surface area (Å²) in [7, 11) is 0. The van der Waals surface area contributed by atoms with Gasteiger partial charge in [-0.25, -0.2) is 0 Å². The molecule has 4 heteroatoms. The number of hydrogen-bond donors (Lipinski definition) is 0. The number of thioether (sulfide) groups is 1. The molecule has 3 aromatic rings. The van der Waals surface area contributed by atoms with E-state index >= 15 is 0 Å². The second-order valence-corrected chi connectivity index (χ2v) is 6.68. The van der Waals surface area contributed by atoms with Crippen LogP contribution in [-0.2, 0) is 0 Å². The minimum atomic E-state index is 0. The molecular formula is C21H18ClNOS. The smallest absolute Gasteiger partial charge is 0.312 e. The first-order valence-corrected chi connectivity index (χ1v) is 9.00. The first-order chi connectivity index (χ1) is 11.9. The third kappa shape index (κ3) is 4.25. The molecule has 0 N–H and O–H groups in total. The Kier molecular flexibility index (Phi) is 5.79. The van der Waals surface area contributed by atoms with Gasteiger partial charge in [0.15, 0.2) is 6.20 Å². The normalized spacial score (nSPS) is 15.6. The van der Waals surface area contributed by atoms with E-state index < -0.39 is 0 Å². The second-order valence-electron chi connectivity index (χ2n) is 5.64. The second kappa shape index (κ2) is 8.24. The van der Waals surface area contributed by atoms with Crippen molar-refractivity contribution >= 4 is 23.9 Å². The highest BCUT2D eigenvalue weighted by molar-refractivity contribution is 7.99. The van der Waals surface area contributed by atoms with Gasteiger partial charge in [0.2, 0.25) is 5.03 Å². The highest BCUT2D eigenvalue weighted by atomic mass is 35.5. The molecule has 25 heavy (non-hydrogen) atoms. The molecule has 1 aromatic heterocycles. The number of aromatic nitrogens is 1. The summed E-state index contributed by atoms with van der Waals surface area (Å²) in [5.74, 6) is 1.85. The SMILES string of the molecule is C(=C\c1ccc(OC2CSc3cccc[n+]32)cc1)/c1ccccc1.[Cl-]. The van der Waals surface area contributed by atoms with E-state index in [1.165, 1.54) is 16.2 Å². The Morgan fingerprint density at radius 2 is 1.52 bits per heavy atom.